The summed E-state index contributed by atoms with van der Waals surface area (Å²) in [5.74, 6) is -0.702. The molecule has 23 heavy (non-hydrogen) atoms. The number of carbonyl (C=O) groups is 2. The van der Waals surface area contributed by atoms with Gasteiger partial charge in [-0.3, -0.25) is 9.59 Å². The van der Waals surface area contributed by atoms with E-state index in [0.29, 0.717) is 22.0 Å². The van der Waals surface area contributed by atoms with Gasteiger partial charge in [0.25, 0.3) is 11.8 Å². The lowest BCUT2D eigenvalue weighted by atomic mass is 10.1. The van der Waals surface area contributed by atoms with Crippen molar-refractivity contribution < 1.29 is 9.59 Å². The van der Waals surface area contributed by atoms with E-state index in [9.17, 15) is 9.59 Å². The first-order chi connectivity index (χ1) is 11.1. The van der Waals surface area contributed by atoms with Gasteiger partial charge in [0, 0.05) is 12.1 Å². The number of nitrogens with zero attached hydrogens (tertiary/aromatic N) is 2. The van der Waals surface area contributed by atoms with Crippen LogP contribution in [-0.2, 0) is 0 Å². The van der Waals surface area contributed by atoms with E-state index in [-0.39, 0.29) is 11.8 Å². The molecule has 0 aliphatic carbocycles. The molecule has 0 aliphatic rings. The molecule has 0 atom stereocenters. The van der Waals surface area contributed by atoms with Crippen LogP contribution >= 0.6 is 11.6 Å². The SMILES string of the molecule is CNC(=O)c1cc(Cl)ccc1NC(=O)c1cccc2ccnn12. The number of rotatable bonds is 3. The molecule has 2 aromatic heterocycles. The summed E-state index contributed by atoms with van der Waals surface area (Å²) in [6.07, 6.45) is 1.62. The zero-order chi connectivity index (χ0) is 16.4. The fourth-order valence-electron chi connectivity index (χ4n) is 2.26. The highest BCUT2D eigenvalue weighted by atomic mass is 35.5. The molecule has 2 heterocycles. The van der Waals surface area contributed by atoms with Gasteiger partial charge >= 0.3 is 0 Å². The molecule has 0 saturated heterocycles. The maximum absolute atomic E-state index is 12.5. The summed E-state index contributed by atoms with van der Waals surface area (Å²) in [4.78, 5) is 24.5. The van der Waals surface area contributed by atoms with Gasteiger partial charge in [-0.1, -0.05) is 17.7 Å². The Morgan fingerprint density at radius 3 is 2.74 bits per heavy atom. The fraction of sp³-hybridized carbons (Fsp3) is 0.0625. The highest BCUT2D eigenvalue weighted by Crippen LogP contribution is 2.21. The van der Waals surface area contributed by atoms with Crippen LogP contribution in [0.3, 0.4) is 0 Å². The Hall–Kier alpha value is -2.86. The number of hydrogen-bond donors (Lipinski definition) is 2. The largest absolute Gasteiger partial charge is 0.355 e. The third-order valence-corrected chi connectivity index (χ3v) is 3.59. The molecular weight excluding hydrogens is 316 g/mol. The van der Waals surface area contributed by atoms with Crippen molar-refractivity contribution >= 4 is 34.6 Å². The molecule has 3 rings (SSSR count). The Morgan fingerprint density at radius 2 is 1.96 bits per heavy atom. The number of nitrogens with one attached hydrogen (secondary N) is 2. The third kappa shape index (κ3) is 2.89. The standard InChI is InChI=1S/C16H13ClN4O2/c1-18-15(22)12-9-10(17)5-6-13(12)20-16(23)14-4-2-3-11-7-8-19-21(11)14/h2-9H,1H3,(H,18,22)(H,20,23). The first-order valence-electron chi connectivity index (χ1n) is 6.86. The van der Waals surface area contributed by atoms with Gasteiger partial charge in [-0.25, -0.2) is 4.52 Å². The number of aromatic nitrogens is 2. The van der Waals surface area contributed by atoms with Crippen molar-refractivity contribution in [3.05, 3.63) is 64.9 Å². The number of carbonyl (C=O) groups excluding carboxylic acids is 2. The number of anilines is 1. The van der Waals surface area contributed by atoms with E-state index in [0.717, 1.165) is 5.52 Å². The van der Waals surface area contributed by atoms with Crippen molar-refractivity contribution in [3.8, 4) is 0 Å². The Balaban J connectivity index is 1.97. The molecule has 0 aliphatic heterocycles. The first kappa shape index (κ1) is 15.1. The molecule has 2 N–H and O–H groups in total. The van der Waals surface area contributed by atoms with Crippen molar-refractivity contribution in [1.29, 1.82) is 0 Å². The zero-order valence-corrected chi connectivity index (χ0v) is 13.0. The smallest absolute Gasteiger partial charge is 0.274 e. The fourth-order valence-corrected chi connectivity index (χ4v) is 2.43. The second-order valence-corrected chi connectivity index (χ2v) is 5.24. The maximum atomic E-state index is 12.5. The van der Waals surface area contributed by atoms with Gasteiger partial charge in [0.05, 0.1) is 23.0 Å². The number of benzene rings is 1. The molecule has 2 amide bonds. The number of amides is 2. The molecule has 116 valence electrons. The van der Waals surface area contributed by atoms with E-state index >= 15 is 0 Å². The van der Waals surface area contributed by atoms with Crippen LogP contribution in [0.2, 0.25) is 5.02 Å². The number of fused-ring (bicyclic) bond motifs is 1. The molecule has 0 spiro atoms. The van der Waals surface area contributed by atoms with Gasteiger partial charge < -0.3 is 10.6 Å². The Morgan fingerprint density at radius 1 is 1.13 bits per heavy atom. The predicted molar refractivity (Wildman–Crippen MR) is 88.0 cm³/mol. The van der Waals surface area contributed by atoms with Crippen LogP contribution in [0.25, 0.3) is 5.52 Å². The molecular formula is C16H13ClN4O2. The number of halogens is 1. The van der Waals surface area contributed by atoms with Crippen molar-refractivity contribution in [3.63, 3.8) is 0 Å². The number of pyridine rings is 1. The molecule has 0 radical (unpaired) electrons. The highest BCUT2D eigenvalue weighted by Gasteiger charge is 2.16. The summed E-state index contributed by atoms with van der Waals surface area (Å²) < 4.78 is 1.53. The molecule has 0 saturated carbocycles. The Labute approximate surface area is 137 Å². The van der Waals surface area contributed by atoms with Crippen LogP contribution in [0.4, 0.5) is 5.69 Å². The quantitative estimate of drug-likeness (QED) is 0.776. The van der Waals surface area contributed by atoms with Gasteiger partial charge in [0.2, 0.25) is 0 Å². The summed E-state index contributed by atoms with van der Waals surface area (Å²) in [6, 6.07) is 11.8. The van der Waals surface area contributed by atoms with E-state index < -0.39 is 0 Å². The van der Waals surface area contributed by atoms with Gasteiger partial charge in [-0.05, 0) is 36.4 Å². The van der Waals surface area contributed by atoms with Crippen LogP contribution in [0, 0.1) is 0 Å². The van der Waals surface area contributed by atoms with Crippen LogP contribution in [0.5, 0.6) is 0 Å². The summed E-state index contributed by atoms with van der Waals surface area (Å²) >= 11 is 5.93. The van der Waals surface area contributed by atoms with E-state index in [4.69, 9.17) is 11.6 Å². The summed E-state index contributed by atoms with van der Waals surface area (Å²) in [5.41, 5.74) is 1.84. The first-order valence-corrected chi connectivity index (χ1v) is 7.23. The molecule has 0 fully saturated rings. The van der Waals surface area contributed by atoms with Crippen LogP contribution in [0.15, 0.2) is 48.7 Å². The maximum Gasteiger partial charge on any atom is 0.274 e. The van der Waals surface area contributed by atoms with E-state index in [2.05, 4.69) is 15.7 Å². The Bertz CT molecular complexity index is 904. The second-order valence-electron chi connectivity index (χ2n) is 4.80. The molecule has 7 heteroatoms. The normalized spacial score (nSPS) is 10.5. The second kappa shape index (κ2) is 6.10. The highest BCUT2D eigenvalue weighted by molar-refractivity contribution is 6.31. The average molecular weight is 329 g/mol. The Kier molecular flexibility index (Phi) is 3.99. The summed E-state index contributed by atoms with van der Waals surface area (Å²) in [6.45, 7) is 0. The lowest BCUT2D eigenvalue weighted by molar-refractivity contribution is 0.0964. The lowest BCUT2D eigenvalue weighted by Crippen LogP contribution is -2.22. The van der Waals surface area contributed by atoms with E-state index in [1.54, 1.807) is 36.5 Å². The summed E-state index contributed by atoms with van der Waals surface area (Å²) in [7, 11) is 1.51. The minimum absolute atomic E-state index is 0.293. The van der Waals surface area contributed by atoms with Gasteiger partial charge in [0.15, 0.2) is 0 Å². The summed E-state index contributed by atoms with van der Waals surface area (Å²) in [5, 5.41) is 9.79. The van der Waals surface area contributed by atoms with Crippen LogP contribution < -0.4 is 10.6 Å². The van der Waals surface area contributed by atoms with Crippen LogP contribution in [0.1, 0.15) is 20.8 Å². The molecule has 6 nitrogen and oxygen atoms in total. The molecule has 0 bridgehead atoms. The van der Waals surface area contributed by atoms with Crippen molar-refractivity contribution in [2.45, 2.75) is 0 Å². The van der Waals surface area contributed by atoms with E-state index in [1.807, 2.05) is 6.07 Å². The third-order valence-electron chi connectivity index (χ3n) is 3.36. The van der Waals surface area contributed by atoms with Crippen molar-refractivity contribution in [1.82, 2.24) is 14.9 Å². The topological polar surface area (TPSA) is 75.5 Å². The zero-order valence-electron chi connectivity index (χ0n) is 12.2. The molecule has 0 unspecified atom stereocenters. The predicted octanol–water partition coefficient (Wildman–Crippen LogP) is 2.60. The number of hydrogen-bond acceptors (Lipinski definition) is 3. The molecule has 1 aromatic carbocycles. The van der Waals surface area contributed by atoms with Gasteiger partial charge in [-0.2, -0.15) is 5.10 Å². The minimum atomic E-state index is -0.369. The molecule has 3 aromatic rings. The van der Waals surface area contributed by atoms with E-state index in [1.165, 1.54) is 17.6 Å². The van der Waals surface area contributed by atoms with Crippen molar-refractivity contribution in [2.24, 2.45) is 0 Å². The lowest BCUT2D eigenvalue weighted by Gasteiger charge is -2.11. The van der Waals surface area contributed by atoms with Crippen molar-refractivity contribution in [2.75, 3.05) is 12.4 Å². The average Bonchev–Trinajstić information content (AvgIpc) is 3.04. The van der Waals surface area contributed by atoms with Crippen LogP contribution in [-0.4, -0.2) is 28.5 Å². The monoisotopic (exact) mass is 328 g/mol. The minimum Gasteiger partial charge on any atom is -0.355 e. The van der Waals surface area contributed by atoms with Gasteiger partial charge in [-0.15, -0.1) is 0 Å². The van der Waals surface area contributed by atoms with Gasteiger partial charge in [0.1, 0.15) is 5.69 Å².